The number of furan rings is 1. The third-order valence-corrected chi connectivity index (χ3v) is 7.40. The number of aromatic nitrogens is 1. The van der Waals surface area contributed by atoms with E-state index in [9.17, 15) is 22.8 Å². The minimum absolute atomic E-state index is 0.0224. The van der Waals surface area contributed by atoms with Crippen LogP contribution in [0, 0.1) is 0 Å². The van der Waals surface area contributed by atoms with Gasteiger partial charge in [0.25, 0.3) is 21.5 Å². The zero-order valence-electron chi connectivity index (χ0n) is 19.1. The van der Waals surface area contributed by atoms with Crippen molar-refractivity contribution in [2.45, 2.75) is 18.6 Å². The number of esters is 1. The highest BCUT2D eigenvalue weighted by molar-refractivity contribution is 7.89. The fraction of sp³-hybridized carbons (Fsp3) is 0.292. The zero-order chi connectivity index (χ0) is 25.0. The highest BCUT2D eigenvalue weighted by atomic mass is 32.2. The van der Waals surface area contributed by atoms with E-state index in [2.05, 4.69) is 0 Å². The van der Waals surface area contributed by atoms with Gasteiger partial charge in [-0.05, 0) is 36.8 Å². The normalized spacial score (nSPS) is 14.6. The van der Waals surface area contributed by atoms with E-state index in [-0.39, 0.29) is 49.2 Å². The molecule has 0 aliphatic carbocycles. The summed E-state index contributed by atoms with van der Waals surface area (Å²) in [5.41, 5.74) is 0.561. The second kappa shape index (κ2) is 10.3. The van der Waals surface area contributed by atoms with E-state index in [1.165, 1.54) is 32.0 Å². The first-order valence-electron chi connectivity index (χ1n) is 11.1. The van der Waals surface area contributed by atoms with Crippen LogP contribution in [0.25, 0.3) is 0 Å². The fourth-order valence-corrected chi connectivity index (χ4v) is 5.14. The van der Waals surface area contributed by atoms with Crippen LogP contribution in [0.4, 0.5) is 0 Å². The van der Waals surface area contributed by atoms with Gasteiger partial charge >= 0.3 is 5.97 Å². The summed E-state index contributed by atoms with van der Waals surface area (Å²) in [5, 5.41) is -0.368. The van der Waals surface area contributed by atoms with Crippen molar-refractivity contribution in [2.24, 2.45) is 0 Å². The summed E-state index contributed by atoms with van der Waals surface area (Å²) in [4.78, 5) is 39.2. The first kappa shape index (κ1) is 24.4. The number of sulfonamides is 1. The van der Waals surface area contributed by atoms with Gasteiger partial charge in [-0.3, -0.25) is 9.59 Å². The molecule has 4 rings (SSSR count). The van der Waals surface area contributed by atoms with Crippen LogP contribution in [0.2, 0.25) is 0 Å². The predicted molar refractivity (Wildman–Crippen MR) is 126 cm³/mol. The number of nitrogens with zero attached hydrogens (tertiary/aromatic N) is 3. The summed E-state index contributed by atoms with van der Waals surface area (Å²) in [6, 6.07) is 15.0. The molecule has 1 aliphatic heterocycles. The smallest absolute Gasteiger partial charge is 0.374 e. The average Bonchev–Trinajstić information content (AvgIpc) is 3.37. The number of ether oxygens (including phenoxy) is 1. The Morgan fingerprint density at radius 1 is 0.971 bits per heavy atom. The summed E-state index contributed by atoms with van der Waals surface area (Å²) in [6.07, 6.45) is 1.63. The molecule has 1 aromatic carbocycles. The molecule has 0 bridgehead atoms. The Kier molecular flexibility index (Phi) is 7.17. The SMILES string of the molecule is CCOC(=O)c1ccc(S(=O)(=O)N2CCN(C(=O)c3cccn(Cc4ccccc4)c3=O)CC2)o1. The molecule has 184 valence electrons. The lowest BCUT2D eigenvalue weighted by atomic mass is 10.2. The van der Waals surface area contributed by atoms with E-state index in [0.717, 1.165) is 5.56 Å². The van der Waals surface area contributed by atoms with Crippen molar-refractivity contribution >= 4 is 21.9 Å². The zero-order valence-corrected chi connectivity index (χ0v) is 19.9. The number of carbonyl (C=O) groups excluding carboxylic acids is 2. The first-order chi connectivity index (χ1) is 16.8. The average molecular weight is 500 g/mol. The lowest BCUT2D eigenvalue weighted by Crippen LogP contribution is -2.51. The monoisotopic (exact) mass is 499 g/mol. The quantitative estimate of drug-likeness (QED) is 0.455. The molecule has 1 amide bonds. The van der Waals surface area contributed by atoms with E-state index < -0.39 is 27.5 Å². The fourth-order valence-electron chi connectivity index (χ4n) is 3.80. The maximum atomic E-state index is 13.1. The van der Waals surface area contributed by atoms with Crippen molar-refractivity contribution in [1.29, 1.82) is 0 Å². The minimum atomic E-state index is -4.00. The van der Waals surface area contributed by atoms with E-state index in [1.54, 1.807) is 19.2 Å². The molecule has 35 heavy (non-hydrogen) atoms. The van der Waals surface area contributed by atoms with Crippen LogP contribution in [0.15, 0.2) is 75.1 Å². The Hall–Kier alpha value is -3.70. The maximum absolute atomic E-state index is 13.1. The van der Waals surface area contributed by atoms with Gasteiger partial charge in [-0.1, -0.05) is 30.3 Å². The van der Waals surface area contributed by atoms with Gasteiger partial charge in [-0.15, -0.1) is 0 Å². The highest BCUT2D eigenvalue weighted by Crippen LogP contribution is 2.21. The van der Waals surface area contributed by atoms with Crippen LogP contribution in [-0.2, 0) is 21.3 Å². The van der Waals surface area contributed by atoms with Crippen molar-refractivity contribution in [3.63, 3.8) is 0 Å². The van der Waals surface area contributed by atoms with Gasteiger partial charge in [0, 0.05) is 32.4 Å². The first-order valence-corrected chi connectivity index (χ1v) is 12.5. The molecule has 1 saturated heterocycles. The summed E-state index contributed by atoms with van der Waals surface area (Å²) in [6.45, 7) is 2.36. The van der Waals surface area contributed by atoms with Gasteiger partial charge in [0.2, 0.25) is 10.9 Å². The Morgan fingerprint density at radius 2 is 1.69 bits per heavy atom. The number of carbonyl (C=O) groups is 2. The van der Waals surface area contributed by atoms with Crippen LogP contribution in [0.5, 0.6) is 0 Å². The molecule has 3 aromatic rings. The molecule has 1 fully saturated rings. The number of hydrogen-bond acceptors (Lipinski definition) is 7. The second-order valence-electron chi connectivity index (χ2n) is 7.88. The highest BCUT2D eigenvalue weighted by Gasteiger charge is 2.33. The van der Waals surface area contributed by atoms with Gasteiger partial charge in [0.15, 0.2) is 0 Å². The Bertz CT molecular complexity index is 1370. The largest absolute Gasteiger partial charge is 0.460 e. The van der Waals surface area contributed by atoms with Crippen molar-refractivity contribution < 1.29 is 27.2 Å². The molecule has 0 spiro atoms. The standard InChI is InChI=1S/C24H25N3O7S/c1-2-33-24(30)20-10-11-21(34-20)35(31,32)27-15-13-25(14-16-27)22(28)19-9-6-12-26(23(19)29)17-18-7-4-3-5-8-18/h3-12H,2,13-17H2,1H3. The van der Waals surface area contributed by atoms with E-state index in [1.807, 2.05) is 30.3 Å². The minimum Gasteiger partial charge on any atom is -0.460 e. The number of piperazine rings is 1. The molecule has 0 radical (unpaired) electrons. The number of hydrogen-bond donors (Lipinski definition) is 0. The van der Waals surface area contributed by atoms with Crippen LogP contribution in [-0.4, -0.2) is 66.9 Å². The number of benzene rings is 1. The van der Waals surface area contributed by atoms with Crippen LogP contribution < -0.4 is 5.56 Å². The summed E-state index contributed by atoms with van der Waals surface area (Å²) in [5.74, 6) is -1.39. The van der Waals surface area contributed by atoms with Gasteiger partial charge in [0.1, 0.15) is 5.56 Å². The number of rotatable bonds is 7. The predicted octanol–water partition coefficient (Wildman–Crippen LogP) is 1.81. The van der Waals surface area contributed by atoms with Crippen molar-refractivity contribution in [2.75, 3.05) is 32.8 Å². The molecule has 2 aromatic heterocycles. The Balaban J connectivity index is 1.43. The lowest BCUT2D eigenvalue weighted by Gasteiger charge is -2.33. The molecule has 0 saturated carbocycles. The van der Waals surface area contributed by atoms with Gasteiger partial charge in [-0.2, -0.15) is 4.31 Å². The Labute approximate surface area is 202 Å². The molecule has 10 nitrogen and oxygen atoms in total. The van der Waals surface area contributed by atoms with Crippen LogP contribution in [0.1, 0.15) is 33.4 Å². The van der Waals surface area contributed by atoms with E-state index >= 15 is 0 Å². The van der Waals surface area contributed by atoms with E-state index in [0.29, 0.717) is 6.54 Å². The third kappa shape index (κ3) is 5.20. The van der Waals surface area contributed by atoms with E-state index in [4.69, 9.17) is 9.15 Å². The molecule has 11 heteroatoms. The van der Waals surface area contributed by atoms with Gasteiger partial charge < -0.3 is 18.6 Å². The lowest BCUT2D eigenvalue weighted by molar-refractivity contribution is 0.0483. The maximum Gasteiger partial charge on any atom is 0.374 e. The van der Waals surface area contributed by atoms with Crippen LogP contribution >= 0.6 is 0 Å². The summed E-state index contributed by atoms with van der Waals surface area (Å²) >= 11 is 0. The number of pyridine rings is 1. The molecule has 3 heterocycles. The molecular formula is C24H25N3O7S. The molecule has 0 atom stereocenters. The Morgan fingerprint density at radius 3 is 2.37 bits per heavy atom. The molecular weight excluding hydrogens is 474 g/mol. The number of amides is 1. The second-order valence-corrected chi connectivity index (χ2v) is 9.74. The van der Waals surface area contributed by atoms with Crippen LogP contribution in [0.3, 0.4) is 0 Å². The topological polar surface area (TPSA) is 119 Å². The molecule has 1 aliphatic rings. The molecule has 0 N–H and O–H groups in total. The summed E-state index contributed by atoms with van der Waals surface area (Å²) in [7, 11) is -4.00. The van der Waals surface area contributed by atoms with Crippen molar-refractivity contribution in [1.82, 2.24) is 13.8 Å². The third-order valence-electron chi connectivity index (χ3n) is 5.62. The molecule has 0 unspecified atom stereocenters. The van der Waals surface area contributed by atoms with Crippen molar-refractivity contribution in [3.8, 4) is 0 Å². The summed E-state index contributed by atoms with van der Waals surface area (Å²) < 4.78 is 38.5. The van der Waals surface area contributed by atoms with Gasteiger partial charge in [-0.25, -0.2) is 13.2 Å². The van der Waals surface area contributed by atoms with Crippen molar-refractivity contribution in [3.05, 3.63) is 88.0 Å². The van der Waals surface area contributed by atoms with Gasteiger partial charge in [0.05, 0.1) is 13.2 Å².